The molecule has 6 nitrogen and oxygen atoms in total. The number of benzene rings is 1. The van der Waals surface area contributed by atoms with Gasteiger partial charge in [0.2, 0.25) is 5.75 Å². The van der Waals surface area contributed by atoms with E-state index >= 15 is 0 Å². The molecule has 28 heavy (non-hydrogen) atoms. The molecule has 2 fully saturated rings. The van der Waals surface area contributed by atoms with Gasteiger partial charge in [0.15, 0.2) is 11.5 Å². The molecule has 0 spiro atoms. The smallest absolute Gasteiger partial charge is 0.203 e. The van der Waals surface area contributed by atoms with Gasteiger partial charge in [0.1, 0.15) is 5.60 Å². The lowest BCUT2D eigenvalue weighted by molar-refractivity contribution is -0.0108. The fraction of sp³-hybridized carbons (Fsp3) is 0.500. The number of pyridine rings is 1. The van der Waals surface area contributed by atoms with E-state index in [0.29, 0.717) is 23.2 Å². The van der Waals surface area contributed by atoms with Crippen molar-refractivity contribution in [1.82, 2.24) is 9.88 Å². The second-order valence-electron chi connectivity index (χ2n) is 7.77. The first-order chi connectivity index (χ1) is 13.6. The van der Waals surface area contributed by atoms with E-state index < -0.39 is 5.60 Å². The molecule has 3 atom stereocenters. The average Bonchev–Trinajstić information content (AvgIpc) is 3.28. The van der Waals surface area contributed by atoms with Gasteiger partial charge in [0.25, 0.3) is 0 Å². The molecule has 0 bridgehead atoms. The van der Waals surface area contributed by atoms with Crippen LogP contribution >= 0.6 is 0 Å². The number of hydrogen-bond acceptors (Lipinski definition) is 6. The monoisotopic (exact) mass is 384 g/mol. The highest BCUT2D eigenvalue weighted by atomic mass is 16.5. The van der Waals surface area contributed by atoms with Crippen molar-refractivity contribution in [3.8, 4) is 17.2 Å². The zero-order chi connectivity index (χ0) is 19.7. The van der Waals surface area contributed by atoms with Crippen LogP contribution in [0.15, 0.2) is 36.5 Å². The summed E-state index contributed by atoms with van der Waals surface area (Å²) >= 11 is 0. The highest BCUT2D eigenvalue weighted by molar-refractivity contribution is 5.53. The maximum absolute atomic E-state index is 11.4. The zero-order valence-electron chi connectivity index (χ0n) is 16.7. The van der Waals surface area contributed by atoms with Crippen molar-refractivity contribution < 1.29 is 19.3 Å². The highest BCUT2D eigenvalue weighted by Crippen LogP contribution is 2.50. The van der Waals surface area contributed by atoms with Gasteiger partial charge >= 0.3 is 0 Å². The Morgan fingerprint density at radius 3 is 2.46 bits per heavy atom. The van der Waals surface area contributed by atoms with Crippen molar-refractivity contribution in [2.24, 2.45) is 11.8 Å². The number of likely N-dealkylation sites (tertiary alicyclic amines) is 1. The first kappa shape index (κ1) is 19.0. The summed E-state index contributed by atoms with van der Waals surface area (Å²) < 4.78 is 16.4. The lowest BCUT2D eigenvalue weighted by Crippen LogP contribution is -2.35. The zero-order valence-corrected chi connectivity index (χ0v) is 16.7. The molecule has 1 aliphatic carbocycles. The van der Waals surface area contributed by atoms with Crippen molar-refractivity contribution in [2.75, 3.05) is 34.4 Å². The molecule has 2 aliphatic rings. The molecule has 1 saturated heterocycles. The summed E-state index contributed by atoms with van der Waals surface area (Å²) in [5, 5.41) is 11.4. The third-order valence-electron chi connectivity index (χ3n) is 6.27. The predicted molar refractivity (Wildman–Crippen MR) is 106 cm³/mol. The summed E-state index contributed by atoms with van der Waals surface area (Å²) in [7, 11) is 4.88. The summed E-state index contributed by atoms with van der Waals surface area (Å²) in [4.78, 5) is 6.86. The van der Waals surface area contributed by atoms with Gasteiger partial charge < -0.3 is 19.3 Å². The molecular formula is C22H28N2O4. The molecular weight excluding hydrogens is 356 g/mol. The SMILES string of the molecule is COc1cc(CN2C[C@@H]3CC[C@@](O)(c4ccccn4)[C@@H]3C2)cc(OC)c1OC. The number of fused-ring (bicyclic) bond motifs is 1. The Labute approximate surface area is 166 Å². The van der Waals surface area contributed by atoms with Crippen molar-refractivity contribution in [3.63, 3.8) is 0 Å². The molecule has 1 saturated carbocycles. The Balaban J connectivity index is 1.53. The molecule has 0 amide bonds. The largest absolute Gasteiger partial charge is 0.493 e. The first-order valence-corrected chi connectivity index (χ1v) is 9.74. The van der Waals surface area contributed by atoms with Crippen molar-refractivity contribution >= 4 is 0 Å². The number of nitrogens with zero attached hydrogens (tertiary/aromatic N) is 2. The quantitative estimate of drug-likeness (QED) is 0.826. The lowest BCUT2D eigenvalue weighted by atomic mass is 9.85. The Morgan fingerprint density at radius 1 is 1.11 bits per heavy atom. The minimum Gasteiger partial charge on any atom is -0.493 e. The molecule has 2 heterocycles. The van der Waals surface area contributed by atoms with E-state index in [2.05, 4.69) is 9.88 Å². The maximum atomic E-state index is 11.4. The van der Waals surface area contributed by atoms with E-state index in [1.807, 2.05) is 30.3 Å². The van der Waals surface area contributed by atoms with Crippen molar-refractivity contribution in [3.05, 3.63) is 47.8 Å². The van der Waals surface area contributed by atoms with Crippen LogP contribution in [0.5, 0.6) is 17.2 Å². The van der Waals surface area contributed by atoms with Gasteiger partial charge in [-0.2, -0.15) is 0 Å². The third-order valence-corrected chi connectivity index (χ3v) is 6.27. The standard InChI is InChI=1S/C22H28N2O4/c1-26-18-10-15(11-19(27-2)21(18)28-3)12-24-13-16-7-8-22(25,17(16)14-24)20-6-4-5-9-23-20/h4-6,9-11,16-17,25H,7-8,12-14H2,1-3H3/t16-,17+,22-/m0/s1. The van der Waals surface area contributed by atoms with Crippen LogP contribution in [0.1, 0.15) is 24.1 Å². The molecule has 1 aliphatic heterocycles. The molecule has 1 aromatic heterocycles. The minimum absolute atomic E-state index is 0.212. The van der Waals surface area contributed by atoms with Crippen LogP contribution in [0.3, 0.4) is 0 Å². The normalized spacial score (nSPS) is 26.9. The van der Waals surface area contributed by atoms with E-state index in [1.165, 1.54) is 0 Å². The number of methoxy groups -OCH3 is 3. The Morgan fingerprint density at radius 2 is 1.86 bits per heavy atom. The molecule has 6 heteroatoms. The number of aromatic nitrogens is 1. The highest BCUT2D eigenvalue weighted by Gasteiger charge is 2.52. The van der Waals surface area contributed by atoms with Crippen molar-refractivity contribution in [2.45, 2.75) is 25.0 Å². The Kier molecular flexibility index (Phi) is 5.17. The maximum Gasteiger partial charge on any atom is 0.203 e. The van der Waals surface area contributed by atoms with Gasteiger partial charge in [-0.15, -0.1) is 0 Å². The van der Waals surface area contributed by atoms with Crippen LogP contribution < -0.4 is 14.2 Å². The van der Waals surface area contributed by atoms with E-state index in [0.717, 1.165) is 43.7 Å². The van der Waals surface area contributed by atoms with E-state index in [4.69, 9.17) is 14.2 Å². The van der Waals surface area contributed by atoms with Crippen LogP contribution in [-0.2, 0) is 12.1 Å². The summed E-state index contributed by atoms with van der Waals surface area (Å²) in [6.45, 7) is 2.62. The lowest BCUT2D eigenvalue weighted by Gasteiger charge is -2.29. The third kappa shape index (κ3) is 3.20. The predicted octanol–water partition coefficient (Wildman–Crippen LogP) is 2.84. The molecule has 1 N–H and O–H groups in total. The summed E-state index contributed by atoms with van der Waals surface area (Å²) in [6.07, 6.45) is 3.59. The van der Waals surface area contributed by atoms with Crippen LogP contribution in [0.2, 0.25) is 0 Å². The Hall–Kier alpha value is -2.31. The second kappa shape index (κ2) is 7.60. The second-order valence-corrected chi connectivity index (χ2v) is 7.77. The van der Waals surface area contributed by atoms with E-state index in [-0.39, 0.29) is 5.92 Å². The number of ether oxygens (including phenoxy) is 3. The van der Waals surface area contributed by atoms with Crippen LogP contribution in [-0.4, -0.2) is 49.4 Å². The number of rotatable bonds is 6. The summed E-state index contributed by atoms with van der Waals surface area (Å²) in [6, 6.07) is 9.80. The Bertz CT molecular complexity index is 804. The number of aliphatic hydroxyl groups is 1. The van der Waals surface area contributed by atoms with E-state index in [9.17, 15) is 5.11 Å². The summed E-state index contributed by atoms with van der Waals surface area (Å²) in [5.74, 6) is 2.65. The fourth-order valence-electron chi connectivity index (χ4n) is 4.94. The molecule has 0 radical (unpaired) electrons. The van der Waals surface area contributed by atoms with E-state index in [1.54, 1.807) is 27.5 Å². The molecule has 2 aromatic rings. The van der Waals surface area contributed by atoms with Gasteiger partial charge in [0, 0.05) is 31.7 Å². The van der Waals surface area contributed by atoms with Gasteiger partial charge in [0.05, 0.1) is 27.0 Å². The molecule has 150 valence electrons. The average molecular weight is 384 g/mol. The molecule has 1 aromatic carbocycles. The van der Waals surface area contributed by atoms with Crippen LogP contribution in [0.25, 0.3) is 0 Å². The van der Waals surface area contributed by atoms with Gasteiger partial charge in [-0.1, -0.05) is 6.07 Å². The topological polar surface area (TPSA) is 64.1 Å². The van der Waals surface area contributed by atoms with Gasteiger partial charge in [-0.3, -0.25) is 9.88 Å². The first-order valence-electron chi connectivity index (χ1n) is 9.74. The van der Waals surface area contributed by atoms with Gasteiger partial charge in [-0.25, -0.2) is 0 Å². The van der Waals surface area contributed by atoms with Crippen molar-refractivity contribution in [1.29, 1.82) is 0 Å². The molecule has 4 rings (SSSR count). The van der Waals surface area contributed by atoms with Crippen LogP contribution in [0.4, 0.5) is 0 Å². The summed E-state index contributed by atoms with van der Waals surface area (Å²) in [5.41, 5.74) is 1.09. The minimum atomic E-state index is -0.823. The number of hydrogen-bond donors (Lipinski definition) is 1. The van der Waals surface area contributed by atoms with Crippen LogP contribution in [0, 0.1) is 11.8 Å². The van der Waals surface area contributed by atoms with Gasteiger partial charge in [-0.05, 0) is 48.6 Å². The fourth-order valence-corrected chi connectivity index (χ4v) is 4.94. The molecule has 0 unspecified atom stereocenters.